The minimum Gasteiger partial charge on any atom is -0.356 e. The second-order valence-corrected chi connectivity index (χ2v) is 6.88. The van der Waals surface area contributed by atoms with Crippen LogP contribution in [0.1, 0.15) is 39.4 Å². The summed E-state index contributed by atoms with van der Waals surface area (Å²) in [4.78, 5) is 8.73. The molecule has 0 bridgehead atoms. The molecular formula is C14H19ClF3N3. The highest BCUT2D eigenvalue weighted by atomic mass is 35.5. The molecule has 0 unspecified atom stereocenters. The zero-order chi connectivity index (χ0) is 15.8. The van der Waals surface area contributed by atoms with Crippen LogP contribution in [0.3, 0.4) is 0 Å². The van der Waals surface area contributed by atoms with Crippen molar-refractivity contribution in [2.24, 2.45) is 11.3 Å². The minimum absolute atomic E-state index is 0.176. The Kier molecular flexibility index (Phi) is 4.38. The van der Waals surface area contributed by atoms with Crippen molar-refractivity contribution in [3.8, 4) is 0 Å². The fraction of sp³-hybridized carbons (Fsp3) is 0.714. The lowest BCUT2D eigenvalue weighted by atomic mass is 9.75. The molecule has 0 amide bonds. The Hall–Kier alpha value is -1.04. The van der Waals surface area contributed by atoms with E-state index >= 15 is 0 Å². The molecule has 3 nitrogen and oxygen atoms in total. The van der Waals surface area contributed by atoms with Crippen molar-refractivity contribution in [3.63, 3.8) is 0 Å². The number of hydrogen-bond donors (Lipinski definition) is 0. The van der Waals surface area contributed by atoms with Crippen molar-refractivity contribution in [1.29, 1.82) is 0 Å². The van der Waals surface area contributed by atoms with Crippen LogP contribution in [-0.4, -0.2) is 23.1 Å². The Balaban J connectivity index is 2.16. The monoisotopic (exact) mass is 321 g/mol. The molecule has 2 rings (SSSR count). The van der Waals surface area contributed by atoms with E-state index in [1.807, 2.05) is 4.90 Å². The summed E-state index contributed by atoms with van der Waals surface area (Å²) in [6, 6.07) is 1.40. The number of rotatable bonds is 1. The van der Waals surface area contributed by atoms with Gasteiger partial charge in [-0.3, -0.25) is 0 Å². The molecule has 1 aromatic heterocycles. The molecule has 0 atom stereocenters. The van der Waals surface area contributed by atoms with Crippen LogP contribution in [0.2, 0.25) is 5.15 Å². The molecule has 118 valence electrons. The Morgan fingerprint density at radius 1 is 1.14 bits per heavy atom. The number of halogens is 4. The van der Waals surface area contributed by atoms with Crippen molar-refractivity contribution in [1.82, 2.24) is 9.97 Å². The van der Waals surface area contributed by atoms with Gasteiger partial charge in [0.25, 0.3) is 0 Å². The van der Waals surface area contributed by atoms with Crippen molar-refractivity contribution in [2.75, 3.05) is 18.0 Å². The predicted octanol–water partition coefficient (Wildman–Crippen LogP) is 4.41. The summed E-state index contributed by atoms with van der Waals surface area (Å²) >= 11 is 5.70. The Bertz CT molecular complexity index is 503. The van der Waals surface area contributed by atoms with Gasteiger partial charge in [-0.25, -0.2) is 9.97 Å². The molecule has 2 heterocycles. The molecule has 1 fully saturated rings. The highest BCUT2D eigenvalue weighted by Gasteiger charge is 2.36. The molecule has 0 radical (unpaired) electrons. The molecule has 21 heavy (non-hydrogen) atoms. The number of piperidine rings is 1. The van der Waals surface area contributed by atoms with Gasteiger partial charge in [0.1, 0.15) is 11.0 Å². The lowest BCUT2D eigenvalue weighted by Crippen LogP contribution is -2.38. The number of hydrogen-bond acceptors (Lipinski definition) is 3. The van der Waals surface area contributed by atoms with E-state index in [0.717, 1.165) is 12.8 Å². The Morgan fingerprint density at radius 3 is 2.19 bits per heavy atom. The fourth-order valence-corrected chi connectivity index (χ4v) is 2.85. The van der Waals surface area contributed by atoms with Crippen molar-refractivity contribution in [2.45, 2.75) is 39.8 Å². The van der Waals surface area contributed by atoms with Crippen LogP contribution in [0, 0.1) is 11.3 Å². The maximum Gasteiger partial charge on any atom is 0.451 e. The summed E-state index contributed by atoms with van der Waals surface area (Å²) in [5.41, 5.74) is 0.215. The summed E-state index contributed by atoms with van der Waals surface area (Å²) in [7, 11) is 0. The SMILES string of the molecule is CC(C)(C)C1CCN(c2cc(Cl)nc(C(F)(F)F)n2)CC1. The van der Waals surface area contributed by atoms with E-state index in [-0.39, 0.29) is 16.4 Å². The number of nitrogens with zero attached hydrogens (tertiary/aromatic N) is 3. The molecule has 0 aliphatic carbocycles. The average molecular weight is 322 g/mol. The van der Waals surface area contributed by atoms with Gasteiger partial charge in [-0.05, 0) is 24.2 Å². The lowest BCUT2D eigenvalue weighted by Gasteiger charge is -2.39. The van der Waals surface area contributed by atoms with Gasteiger partial charge in [0.05, 0.1) is 0 Å². The van der Waals surface area contributed by atoms with Crippen LogP contribution < -0.4 is 4.90 Å². The summed E-state index contributed by atoms with van der Waals surface area (Å²) < 4.78 is 38.2. The third-order valence-corrected chi connectivity index (χ3v) is 4.17. The fourth-order valence-electron chi connectivity index (χ4n) is 2.67. The molecular weight excluding hydrogens is 303 g/mol. The number of alkyl halides is 3. The normalized spacial score (nSPS) is 18.1. The Morgan fingerprint density at radius 2 is 1.71 bits per heavy atom. The lowest BCUT2D eigenvalue weighted by molar-refractivity contribution is -0.144. The predicted molar refractivity (Wildman–Crippen MR) is 76.4 cm³/mol. The van der Waals surface area contributed by atoms with Crippen molar-refractivity contribution in [3.05, 3.63) is 17.0 Å². The largest absolute Gasteiger partial charge is 0.451 e. The zero-order valence-electron chi connectivity index (χ0n) is 12.3. The summed E-state index contributed by atoms with van der Waals surface area (Å²) in [6.07, 6.45) is -2.71. The van der Waals surface area contributed by atoms with E-state index in [9.17, 15) is 13.2 Å². The van der Waals surface area contributed by atoms with Crippen molar-refractivity contribution < 1.29 is 13.2 Å². The average Bonchev–Trinajstić information content (AvgIpc) is 2.36. The summed E-state index contributed by atoms with van der Waals surface area (Å²) in [6.45, 7) is 7.95. The van der Waals surface area contributed by atoms with E-state index in [2.05, 4.69) is 30.7 Å². The third kappa shape index (κ3) is 3.99. The first-order chi connectivity index (χ1) is 9.57. The van der Waals surface area contributed by atoms with Gasteiger partial charge in [0.15, 0.2) is 0 Å². The summed E-state index contributed by atoms with van der Waals surface area (Å²) in [5, 5.41) is -0.176. The van der Waals surface area contributed by atoms with Gasteiger partial charge in [0, 0.05) is 19.2 Å². The molecule has 0 saturated carbocycles. The number of anilines is 1. The van der Waals surface area contributed by atoms with Crippen LogP contribution in [-0.2, 0) is 6.18 Å². The molecule has 1 saturated heterocycles. The minimum atomic E-state index is -4.58. The standard InChI is InChI=1S/C14H19ClF3N3/c1-13(2,3)9-4-6-21(7-5-9)11-8-10(15)19-12(20-11)14(16,17)18/h8-9H,4-7H2,1-3H3. The maximum absolute atomic E-state index is 12.7. The van der Waals surface area contributed by atoms with E-state index < -0.39 is 12.0 Å². The second kappa shape index (κ2) is 5.63. The number of aromatic nitrogens is 2. The van der Waals surface area contributed by atoms with Gasteiger partial charge in [-0.1, -0.05) is 32.4 Å². The molecule has 7 heteroatoms. The van der Waals surface area contributed by atoms with Crippen LogP contribution in [0.4, 0.5) is 19.0 Å². The van der Waals surface area contributed by atoms with E-state index in [1.165, 1.54) is 6.07 Å². The Labute approximate surface area is 127 Å². The first-order valence-electron chi connectivity index (χ1n) is 6.94. The van der Waals surface area contributed by atoms with E-state index in [0.29, 0.717) is 19.0 Å². The summed E-state index contributed by atoms with van der Waals surface area (Å²) in [5.74, 6) is -0.356. The molecule has 0 aromatic carbocycles. The first kappa shape index (κ1) is 16.3. The topological polar surface area (TPSA) is 29.0 Å². The second-order valence-electron chi connectivity index (χ2n) is 6.50. The third-order valence-electron chi connectivity index (χ3n) is 3.98. The molecule has 0 spiro atoms. The van der Waals surface area contributed by atoms with E-state index in [1.54, 1.807) is 0 Å². The van der Waals surface area contributed by atoms with Crippen molar-refractivity contribution >= 4 is 17.4 Å². The van der Waals surface area contributed by atoms with Gasteiger partial charge < -0.3 is 4.90 Å². The zero-order valence-corrected chi connectivity index (χ0v) is 13.1. The maximum atomic E-state index is 12.7. The van der Waals surface area contributed by atoms with Crippen LogP contribution in [0.25, 0.3) is 0 Å². The molecule has 0 N–H and O–H groups in total. The molecule has 1 aromatic rings. The smallest absolute Gasteiger partial charge is 0.356 e. The first-order valence-corrected chi connectivity index (χ1v) is 7.32. The van der Waals surface area contributed by atoms with Gasteiger partial charge in [-0.2, -0.15) is 13.2 Å². The van der Waals surface area contributed by atoms with E-state index in [4.69, 9.17) is 11.6 Å². The van der Waals surface area contributed by atoms with Gasteiger partial charge in [0.2, 0.25) is 5.82 Å². The van der Waals surface area contributed by atoms with Crippen LogP contribution >= 0.6 is 11.6 Å². The van der Waals surface area contributed by atoms with Crippen LogP contribution in [0.5, 0.6) is 0 Å². The quantitative estimate of drug-likeness (QED) is 0.717. The highest BCUT2D eigenvalue weighted by molar-refractivity contribution is 6.29. The molecule has 1 aliphatic heterocycles. The molecule has 1 aliphatic rings. The highest BCUT2D eigenvalue weighted by Crippen LogP contribution is 2.36. The van der Waals surface area contributed by atoms with Gasteiger partial charge >= 0.3 is 6.18 Å². The van der Waals surface area contributed by atoms with Crippen LogP contribution in [0.15, 0.2) is 6.07 Å². The van der Waals surface area contributed by atoms with Gasteiger partial charge in [-0.15, -0.1) is 0 Å².